The molecule has 8 heteroatoms. The summed E-state index contributed by atoms with van der Waals surface area (Å²) >= 11 is 1.64. The Morgan fingerprint density at radius 3 is 2.37 bits per heavy atom. The van der Waals surface area contributed by atoms with Gasteiger partial charge in [0.1, 0.15) is 10.6 Å². The summed E-state index contributed by atoms with van der Waals surface area (Å²) in [6, 6.07) is 0. The van der Waals surface area contributed by atoms with Gasteiger partial charge >= 0.3 is 6.09 Å². The predicted molar refractivity (Wildman–Crippen MR) is 112 cm³/mol. The standard InChI is InChI=1S/C19H35N5O2S/c1-8-20-16(21-10-9-11-22-17(25)26-19(5,6)7)23-12-15-24-14(13-27-15)18(2,3)4/h13H,8-12H2,1-7H3,(H,22,25)(H2,20,21,23). The minimum absolute atomic E-state index is 0.0579. The lowest BCUT2D eigenvalue weighted by Gasteiger charge is -2.19. The third kappa shape index (κ3) is 10.2. The van der Waals surface area contributed by atoms with E-state index in [0.29, 0.717) is 19.6 Å². The normalized spacial score (nSPS) is 12.6. The molecule has 3 N–H and O–H groups in total. The number of alkyl carbamates (subject to hydrolysis) is 1. The van der Waals surface area contributed by atoms with Crippen molar-refractivity contribution in [3.63, 3.8) is 0 Å². The summed E-state index contributed by atoms with van der Waals surface area (Å²) in [7, 11) is 0. The second-order valence-corrected chi connectivity index (χ2v) is 9.22. The van der Waals surface area contributed by atoms with E-state index in [9.17, 15) is 4.79 Å². The maximum absolute atomic E-state index is 11.6. The molecule has 0 saturated heterocycles. The fourth-order valence-electron chi connectivity index (χ4n) is 2.02. The van der Waals surface area contributed by atoms with Crippen molar-refractivity contribution >= 4 is 23.4 Å². The van der Waals surface area contributed by atoms with E-state index in [0.717, 1.165) is 29.6 Å². The minimum Gasteiger partial charge on any atom is -0.444 e. The van der Waals surface area contributed by atoms with E-state index in [1.165, 1.54) is 0 Å². The Morgan fingerprint density at radius 1 is 1.15 bits per heavy atom. The molecule has 27 heavy (non-hydrogen) atoms. The van der Waals surface area contributed by atoms with Gasteiger partial charge in [0.2, 0.25) is 0 Å². The Balaban J connectivity index is 2.39. The smallest absolute Gasteiger partial charge is 0.407 e. The van der Waals surface area contributed by atoms with Crippen molar-refractivity contribution in [2.75, 3.05) is 19.6 Å². The van der Waals surface area contributed by atoms with Gasteiger partial charge in [-0.05, 0) is 34.1 Å². The average Bonchev–Trinajstić information content (AvgIpc) is 2.99. The molecule has 7 nitrogen and oxygen atoms in total. The molecular formula is C19H35N5O2S. The van der Waals surface area contributed by atoms with Gasteiger partial charge in [0, 0.05) is 30.4 Å². The van der Waals surface area contributed by atoms with Crippen LogP contribution in [0.15, 0.2) is 10.4 Å². The number of rotatable bonds is 7. The fourth-order valence-corrected chi connectivity index (χ4v) is 2.96. The molecule has 154 valence electrons. The van der Waals surface area contributed by atoms with E-state index in [1.807, 2.05) is 27.7 Å². The third-order valence-corrected chi connectivity index (χ3v) is 4.18. The second kappa shape index (κ2) is 10.5. The summed E-state index contributed by atoms with van der Waals surface area (Å²) in [4.78, 5) is 20.9. The van der Waals surface area contributed by atoms with Crippen molar-refractivity contribution in [3.8, 4) is 0 Å². The van der Waals surface area contributed by atoms with Crippen molar-refractivity contribution in [2.24, 2.45) is 4.99 Å². The Bertz CT molecular complexity index is 614. The molecule has 0 aliphatic carbocycles. The molecule has 0 aliphatic heterocycles. The van der Waals surface area contributed by atoms with Gasteiger partial charge in [-0.3, -0.25) is 0 Å². The number of thiazole rings is 1. The van der Waals surface area contributed by atoms with Crippen LogP contribution in [0.5, 0.6) is 0 Å². The molecular weight excluding hydrogens is 362 g/mol. The van der Waals surface area contributed by atoms with Crippen molar-refractivity contribution < 1.29 is 9.53 Å². The number of ether oxygens (including phenoxy) is 1. The SMILES string of the molecule is CCNC(=NCc1nc(C(C)(C)C)cs1)NCCCNC(=O)OC(C)(C)C. The largest absolute Gasteiger partial charge is 0.444 e. The van der Waals surface area contributed by atoms with Gasteiger partial charge in [0.05, 0.1) is 12.2 Å². The number of hydrogen-bond donors (Lipinski definition) is 3. The quantitative estimate of drug-likeness (QED) is 0.373. The van der Waals surface area contributed by atoms with E-state index in [2.05, 4.69) is 52.1 Å². The lowest BCUT2D eigenvalue weighted by Crippen LogP contribution is -2.39. The highest BCUT2D eigenvalue weighted by Crippen LogP contribution is 2.24. The molecule has 0 saturated carbocycles. The first-order chi connectivity index (χ1) is 12.5. The van der Waals surface area contributed by atoms with Crippen LogP contribution in [0.3, 0.4) is 0 Å². The van der Waals surface area contributed by atoms with Crippen LogP contribution >= 0.6 is 11.3 Å². The van der Waals surface area contributed by atoms with Gasteiger partial charge in [-0.15, -0.1) is 11.3 Å². The van der Waals surface area contributed by atoms with E-state index < -0.39 is 5.60 Å². The molecule has 0 atom stereocenters. The zero-order valence-electron chi connectivity index (χ0n) is 17.7. The molecule has 1 rings (SSSR count). The van der Waals surface area contributed by atoms with Crippen LogP contribution in [0.1, 0.15) is 65.6 Å². The lowest BCUT2D eigenvalue weighted by atomic mass is 9.93. The molecule has 0 bridgehead atoms. The summed E-state index contributed by atoms with van der Waals surface area (Å²) in [5.74, 6) is 0.752. The fraction of sp³-hybridized carbons (Fsp3) is 0.737. The topological polar surface area (TPSA) is 87.6 Å². The Morgan fingerprint density at radius 2 is 1.81 bits per heavy atom. The first-order valence-electron chi connectivity index (χ1n) is 9.45. The van der Waals surface area contributed by atoms with Gasteiger partial charge in [0.15, 0.2) is 5.96 Å². The number of aliphatic imine (C=N–C) groups is 1. The number of nitrogens with zero attached hydrogens (tertiary/aromatic N) is 2. The zero-order chi connectivity index (χ0) is 20.5. The molecule has 1 heterocycles. The van der Waals surface area contributed by atoms with Crippen molar-refractivity contribution in [1.29, 1.82) is 0 Å². The lowest BCUT2D eigenvalue weighted by molar-refractivity contribution is 0.0527. The summed E-state index contributed by atoms with van der Waals surface area (Å²) in [6.45, 7) is 16.6. The van der Waals surface area contributed by atoms with Crippen LogP contribution < -0.4 is 16.0 Å². The van der Waals surface area contributed by atoms with Crippen LogP contribution in [0.25, 0.3) is 0 Å². The monoisotopic (exact) mass is 397 g/mol. The molecule has 1 aromatic heterocycles. The van der Waals surface area contributed by atoms with E-state index >= 15 is 0 Å². The van der Waals surface area contributed by atoms with Crippen molar-refractivity contribution in [2.45, 2.75) is 72.4 Å². The molecule has 0 fully saturated rings. The molecule has 0 aliphatic rings. The van der Waals surface area contributed by atoms with E-state index in [1.54, 1.807) is 11.3 Å². The van der Waals surface area contributed by atoms with Gasteiger partial charge < -0.3 is 20.7 Å². The maximum Gasteiger partial charge on any atom is 0.407 e. The van der Waals surface area contributed by atoms with Gasteiger partial charge in [-0.1, -0.05) is 20.8 Å². The highest BCUT2D eigenvalue weighted by atomic mass is 32.1. The zero-order valence-corrected chi connectivity index (χ0v) is 18.5. The molecule has 1 amide bonds. The first kappa shape index (κ1) is 23.2. The Kier molecular flexibility index (Phi) is 9.02. The van der Waals surface area contributed by atoms with Crippen LogP contribution in [0.4, 0.5) is 4.79 Å². The summed E-state index contributed by atoms with van der Waals surface area (Å²) in [6.07, 6.45) is 0.385. The average molecular weight is 398 g/mol. The molecule has 0 unspecified atom stereocenters. The van der Waals surface area contributed by atoms with Gasteiger partial charge in [-0.25, -0.2) is 14.8 Å². The molecule has 1 aromatic rings. The first-order valence-corrected chi connectivity index (χ1v) is 10.3. The van der Waals surface area contributed by atoms with Crippen molar-refractivity contribution in [3.05, 3.63) is 16.1 Å². The molecule has 0 radical (unpaired) electrons. The number of nitrogens with one attached hydrogen (secondary N) is 3. The third-order valence-electron chi connectivity index (χ3n) is 3.35. The summed E-state index contributed by atoms with van der Waals surface area (Å²) in [5, 5.41) is 12.4. The number of hydrogen-bond acceptors (Lipinski definition) is 5. The van der Waals surface area contributed by atoms with Gasteiger partial charge in [-0.2, -0.15) is 0 Å². The molecule has 0 spiro atoms. The highest BCUT2D eigenvalue weighted by Gasteiger charge is 2.17. The number of carbonyl (C=O) groups is 1. The maximum atomic E-state index is 11.6. The summed E-state index contributed by atoms with van der Waals surface area (Å²) in [5.41, 5.74) is 0.682. The van der Waals surface area contributed by atoms with E-state index in [4.69, 9.17) is 4.74 Å². The van der Waals surface area contributed by atoms with E-state index in [-0.39, 0.29) is 11.5 Å². The number of carbonyl (C=O) groups excluding carboxylic acids is 1. The van der Waals surface area contributed by atoms with Crippen LogP contribution in [-0.2, 0) is 16.7 Å². The minimum atomic E-state index is -0.476. The van der Waals surface area contributed by atoms with Crippen molar-refractivity contribution in [1.82, 2.24) is 20.9 Å². The number of aromatic nitrogens is 1. The predicted octanol–water partition coefficient (Wildman–Crippen LogP) is 3.41. The van der Waals surface area contributed by atoms with Crippen LogP contribution in [0, 0.1) is 0 Å². The van der Waals surface area contributed by atoms with Crippen LogP contribution in [-0.4, -0.2) is 42.3 Å². The second-order valence-electron chi connectivity index (χ2n) is 8.28. The Labute approximate surface area is 167 Å². The number of amides is 1. The van der Waals surface area contributed by atoms with Gasteiger partial charge in [0.25, 0.3) is 0 Å². The Hall–Kier alpha value is -1.83. The number of guanidine groups is 1. The van der Waals surface area contributed by atoms with Crippen LogP contribution in [0.2, 0.25) is 0 Å². The summed E-state index contributed by atoms with van der Waals surface area (Å²) < 4.78 is 5.20. The highest BCUT2D eigenvalue weighted by molar-refractivity contribution is 7.09. The molecule has 0 aromatic carbocycles.